The number of hydrogen-bond acceptors (Lipinski definition) is 6. The van der Waals surface area contributed by atoms with E-state index in [4.69, 9.17) is 0 Å². The van der Waals surface area contributed by atoms with E-state index in [0.29, 0.717) is 44.7 Å². The van der Waals surface area contributed by atoms with Gasteiger partial charge in [0.05, 0.1) is 22.3 Å². The van der Waals surface area contributed by atoms with E-state index in [9.17, 15) is 13.2 Å². The first-order valence-electron chi connectivity index (χ1n) is 11.9. The van der Waals surface area contributed by atoms with Gasteiger partial charge in [-0.3, -0.25) is 4.79 Å². The van der Waals surface area contributed by atoms with Gasteiger partial charge in [0.25, 0.3) is 0 Å². The van der Waals surface area contributed by atoms with Crippen LogP contribution in [0.5, 0.6) is 0 Å². The summed E-state index contributed by atoms with van der Waals surface area (Å²) in [4.78, 5) is 26.0. The first-order chi connectivity index (χ1) is 16.5. The van der Waals surface area contributed by atoms with Gasteiger partial charge in [-0.25, -0.2) is 18.4 Å². The number of carbonyl (C=O) groups excluding carboxylic acids is 1. The fourth-order valence-electron chi connectivity index (χ4n) is 4.74. The van der Waals surface area contributed by atoms with Crippen molar-refractivity contribution in [1.82, 2.24) is 23.7 Å². The molecule has 4 heterocycles. The first kappa shape index (κ1) is 22.8. The van der Waals surface area contributed by atoms with Crippen LogP contribution in [-0.4, -0.2) is 77.3 Å². The lowest BCUT2D eigenvalue weighted by Gasteiger charge is -2.35. The van der Waals surface area contributed by atoms with Crippen molar-refractivity contribution in [2.75, 3.05) is 44.2 Å². The van der Waals surface area contributed by atoms with E-state index < -0.39 is 10.0 Å². The van der Waals surface area contributed by atoms with Gasteiger partial charge in [0, 0.05) is 58.4 Å². The molecular weight excluding hydrogens is 452 g/mol. The maximum Gasteiger partial charge on any atom is 0.243 e. The third kappa shape index (κ3) is 4.65. The molecule has 0 saturated carbocycles. The smallest absolute Gasteiger partial charge is 0.243 e. The number of carbonyl (C=O) groups is 1. The molecule has 0 aliphatic carbocycles. The number of benzene rings is 1. The summed E-state index contributed by atoms with van der Waals surface area (Å²) < 4.78 is 29.4. The second-order valence-electron chi connectivity index (χ2n) is 8.86. The largest absolute Gasteiger partial charge is 0.353 e. The van der Waals surface area contributed by atoms with Crippen molar-refractivity contribution in [2.24, 2.45) is 0 Å². The second-order valence-corrected chi connectivity index (χ2v) is 10.8. The van der Waals surface area contributed by atoms with Crippen LogP contribution < -0.4 is 4.90 Å². The highest BCUT2D eigenvalue weighted by Gasteiger charge is 2.26. The highest BCUT2D eigenvalue weighted by molar-refractivity contribution is 7.89. The van der Waals surface area contributed by atoms with E-state index in [1.165, 1.54) is 0 Å². The Morgan fingerprint density at radius 3 is 2.44 bits per heavy atom. The normalized spacial score (nSPS) is 17.9. The zero-order valence-electron chi connectivity index (χ0n) is 19.2. The van der Waals surface area contributed by atoms with Crippen molar-refractivity contribution in [3.05, 3.63) is 48.9 Å². The predicted octanol–water partition coefficient (Wildman–Crippen LogP) is 2.34. The minimum atomic E-state index is -3.49. The minimum absolute atomic E-state index is 0.117. The highest BCUT2D eigenvalue weighted by Crippen LogP contribution is 2.24. The summed E-state index contributed by atoms with van der Waals surface area (Å²) in [5, 5.41) is 0. The minimum Gasteiger partial charge on any atom is -0.353 e. The van der Waals surface area contributed by atoms with Crippen molar-refractivity contribution >= 4 is 32.8 Å². The number of imidazole rings is 1. The number of nitrogens with zero attached hydrogens (tertiary/aromatic N) is 6. The van der Waals surface area contributed by atoms with E-state index in [0.717, 1.165) is 43.7 Å². The number of anilines is 1. The molecule has 0 atom stereocenters. The maximum atomic E-state index is 13.0. The molecule has 2 fully saturated rings. The van der Waals surface area contributed by atoms with Gasteiger partial charge in [-0.1, -0.05) is 12.5 Å². The Labute approximate surface area is 200 Å². The molecule has 2 saturated heterocycles. The van der Waals surface area contributed by atoms with Crippen LogP contribution in [0.1, 0.15) is 25.7 Å². The van der Waals surface area contributed by atoms with Crippen molar-refractivity contribution in [2.45, 2.75) is 37.1 Å². The molecule has 5 rings (SSSR count). The number of rotatable bonds is 6. The lowest BCUT2D eigenvalue weighted by molar-refractivity contribution is -0.131. The summed E-state index contributed by atoms with van der Waals surface area (Å²) in [7, 11) is -3.49. The third-order valence-corrected chi connectivity index (χ3v) is 8.61. The number of pyridine rings is 1. The Balaban J connectivity index is 1.20. The van der Waals surface area contributed by atoms with Crippen LogP contribution in [0.4, 0.5) is 5.82 Å². The molecule has 34 heavy (non-hydrogen) atoms. The fourth-order valence-corrected chi connectivity index (χ4v) is 6.27. The molecule has 10 heteroatoms. The standard InChI is InChI=1S/C24H30N6O3S/c31-24(28-16-14-27(15-17-28)23-6-2-3-10-25-23)9-13-29-19-26-21-18-20(7-8-22(21)29)34(32,33)30-11-4-1-5-12-30/h2-3,6-8,10,18-19H,1,4-5,9,11-17H2. The maximum absolute atomic E-state index is 13.0. The summed E-state index contributed by atoms with van der Waals surface area (Å²) in [6.07, 6.45) is 6.74. The monoisotopic (exact) mass is 482 g/mol. The molecule has 3 aromatic rings. The van der Waals surface area contributed by atoms with Crippen LogP contribution in [0.15, 0.2) is 53.8 Å². The summed E-state index contributed by atoms with van der Waals surface area (Å²) >= 11 is 0. The number of aromatic nitrogens is 3. The molecule has 0 unspecified atom stereocenters. The van der Waals surface area contributed by atoms with E-state index in [2.05, 4.69) is 14.9 Å². The average molecular weight is 483 g/mol. The lowest BCUT2D eigenvalue weighted by atomic mass is 10.2. The van der Waals surface area contributed by atoms with Gasteiger partial charge in [-0.2, -0.15) is 4.31 Å². The molecule has 1 amide bonds. The first-order valence-corrected chi connectivity index (χ1v) is 13.4. The summed E-state index contributed by atoms with van der Waals surface area (Å²) in [6, 6.07) is 11.0. The number of amides is 1. The molecule has 9 nitrogen and oxygen atoms in total. The van der Waals surface area contributed by atoms with Crippen molar-refractivity contribution in [3.8, 4) is 0 Å². The molecule has 2 aliphatic heterocycles. The molecule has 0 N–H and O–H groups in total. The lowest BCUT2D eigenvalue weighted by Crippen LogP contribution is -2.49. The van der Waals surface area contributed by atoms with Gasteiger partial charge in [0.2, 0.25) is 15.9 Å². The van der Waals surface area contributed by atoms with Gasteiger partial charge in [0.15, 0.2) is 0 Å². The van der Waals surface area contributed by atoms with Crippen LogP contribution >= 0.6 is 0 Å². The Bertz CT molecular complexity index is 1250. The summed E-state index contributed by atoms with van der Waals surface area (Å²) in [5.74, 6) is 1.06. The fraction of sp³-hybridized carbons (Fsp3) is 0.458. The van der Waals surface area contributed by atoms with Crippen LogP contribution in [0.2, 0.25) is 0 Å². The Hall–Kier alpha value is -2.98. The molecule has 0 spiro atoms. The van der Waals surface area contributed by atoms with E-state index in [1.54, 1.807) is 35.0 Å². The molecule has 180 valence electrons. The molecule has 2 aromatic heterocycles. The van der Waals surface area contributed by atoms with E-state index >= 15 is 0 Å². The predicted molar refractivity (Wildman–Crippen MR) is 130 cm³/mol. The Kier molecular flexibility index (Phi) is 6.51. The number of piperazine rings is 1. The topological polar surface area (TPSA) is 91.6 Å². The number of fused-ring (bicyclic) bond motifs is 1. The van der Waals surface area contributed by atoms with Crippen LogP contribution in [0.25, 0.3) is 11.0 Å². The highest BCUT2D eigenvalue weighted by atomic mass is 32.2. The van der Waals surface area contributed by atoms with Gasteiger partial charge in [-0.05, 0) is 43.2 Å². The SMILES string of the molecule is O=C(CCn1cnc2cc(S(=O)(=O)N3CCCCC3)ccc21)N1CCN(c2ccccn2)CC1. The van der Waals surface area contributed by atoms with Gasteiger partial charge in [0.1, 0.15) is 5.82 Å². The van der Waals surface area contributed by atoms with Crippen molar-refractivity contribution in [3.63, 3.8) is 0 Å². The average Bonchev–Trinajstić information content (AvgIpc) is 3.31. The zero-order chi connectivity index (χ0) is 23.5. The number of hydrogen-bond donors (Lipinski definition) is 0. The summed E-state index contributed by atoms with van der Waals surface area (Å²) in [5.41, 5.74) is 1.47. The summed E-state index contributed by atoms with van der Waals surface area (Å²) in [6.45, 7) is 4.56. The molecule has 0 radical (unpaired) electrons. The van der Waals surface area contributed by atoms with E-state index in [1.807, 2.05) is 27.7 Å². The Morgan fingerprint density at radius 1 is 0.912 bits per heavy atom. The second kappa shape index (κ2) is 9.71. The number of aryl methyl sites for hydroxylation is 1. The third-order valence-electron chi connectivity index (χ3n) is 6.72. The molecule has 2 aliphatic rings. The molecule has 1 aromatic carbocycles. The quantitative estimate of drug-likeness (QED) is 0.536. The van der Waals surface area contributed by atoms with Crippen molar-refractivity contribution in [1.29, 1.82) is 0 Å². The van der Waals surface area contributed by atoms with Gasteiger partial charge >= 0.3 is 0 Å². The van der Waals surface area contributed by atoms with E-state index in [-0.39, 0.29) is 10.8 Å². The van der Waals surface area contributed by atoms with Crippen LogP contribution in [-0.2, 0) is 21.4 Å². The van der Waals surface area contributed by atoms with Crippen LogP contribution in [0, 0.1) is 0 Å². The Morgan fingerprint density at radius 2 is 1.71 bits per heavy atom. The van der Waals surface area contributed by atoms with Gasteiger partial charge in [-0.15, -0.1) is 0 Å². The zero-order valence-corrected chi connectivity index (χ0v) is 20.0. The van der Waals surface area contributed by atoms with Crippen LogP contribution in [0.3, 0.4) is 0 Å². The molecule has 0 bridgehead atoms. The number of sulfonamides is 1. The molecular formula is C24H30N6O3S. The van der Waals surface area contributed by atoms with Gasteiger partial charge < -0.3 is 14.4 Å². The number of piperidine rings is 1. The van der Waals surface area contributed by atoms with Crippen molar-refractivity contribution < 1.29 is 13.2 Å².